The molecule has 0 radical (unpaired) electrons. The molecule has 1 aliphatic rings. The molecule has 1 heteroatoms. The SMILES string of the molecule is CC(C)(C)C[C@@H]1CCCC[C@@H]1O. The maximum absolute atomic E-state index is 9.73. The lowest BCUT2D eigenvalue weighted by Gasteiger charge is -2.32. The molecule has 0 aliphatic heterocycles. The van der Waals surface area contributed by atoms with Gasteiger partial charge in [-0.3, -0.25) is 0 Å². The molecule has 0 bridgehead atoms. The summed E-state index contributed by atoms with van der Waals surface area (Å²) >= 11 is 0. The van der Waals surface area contributed by atoms with Gasteiger partial charge in [-0.15, -0.1) is 0 Å². The fraction of sp³-hybridized carbons (Fsp3) is 1.00. The van der Waals surface area contributed by atoms with E-state index >= 15 is 0 Å². The molecule has 12 heavy (non-hydrogen) atoms. The van der Waals surface area contributed by atoms with Crippen molar-refractivity contribution in [3.8, 4) is 0 Å². The Morgan fingerprint density at radius 2 is 1.75 bits per heavy atom. The number of hydrogen-bond donors (Lipinski definition) is 1. The first-order valence-corrected chi connectivity index (χ1v) is 5.17. The highest BCUT2D eigenvalue weighted by Crippen LogP contribution is 2.34. The largest absolute Gasteiger partial charge is 0.393 e. The van der Waals surface area contributed by atoms with E-state index in [1.165, 1.54) is 25.7 Å². The molecule has 72 valence electrons. The van der Waals surface area contributed by atoms with Crippen LogP contribution in [0.5, 0.6) is 0 Å². The number of aliphatic hydroxyl groups is 1. The van der Waals surface area contributed by atoms with Crippen molar-refractivity contribution in [1.29, 1.82) is 0 Å². The normalized spacial score (nSPS) is 32.0. The van der Waals surface area contributed by atoms with Crippen molar-refractivity contribution >= 4 is 0 Å². The third-order valence-electron chi connectivity index (χ3n) is 2.74. The summed E-state index contributed by atoms with van der Waals surface area (Å²) in [6, 6.07) is 0. The third kappa shape index (κ3) is 3.14. The van der Waals surface area contributed by atoms with Gasteiger partial charge in [-0.05, 0) is 30.6 Å². The Hall–Kier alpha value is -0.0400. The van der Waals surface area contributed by atoms with Crippen molar-refractivity contribution in [3.63, 3.8) is 0 Å². The summed E-state index contributed by atoms with van der Waals surface area (Å²) in [5, 5.41) is 9.73. The van der Waals surface area contributed by atoms with Gasteiger partial charge in [-0.25, -0.2) is 0 Å². The van der Waals surface area contributed by atoms with Crippen molar-refractivity contribution in [2.75, 3.05) is 0 Å². The monoisotopic (exact) mass is 170 g/mol. The lowest BCUT2D eigenvalue weighted by atomic mass is 9.76. The lowest BCUT2D eigenvalue weighted by Crippen LogP contribution is -2.28. The first kappa shape index (κ1) is 10.0. The Labute approximate surface area is 76.2 Å². The van der Waals surface area contributed by atoms with E-state index < -0.39 is 0 Å². The molecule has 0 unspecified atom stereocenters. The quantitative estimate of drug-likeness (QED) is 0.641. The van der Waals surface area contributed by atoms with Crippen molar-refractivity contribution in [1.82, 2.24) is 0 Å². The van der Waals surface area contributed by atoms with Gasteiger partial charge in [0.25, 0.3) is 0 Å². The van der Waals surface area contributed by atoms with Crippen LogP contribution in [-0.2, 0) is 0 Å². The number of aliphatic hydroxyl groups excluding tert-OH is 1. The predicted molar refractivity (Wildman–Crippen MR) is 52.0 cm³/mol. The molecule has 0 amide bonds. The van der Waals surface area contributed by atoms with Crippen LogP contribution < -0.4 is 0 Å². The van der Waals surface area contributed by atoms with E-state index in [-0.39, 0.29) is 6.10 Å². The van der Waals surface area contributed by atoms with Gasteiger partial charge in [0.05, 0.1) is 6.10 Å². The van der Waals surface area contributed by atoms with E-state index in [1.807, 2.05) is 0 Å². The van der Waals surface area contributed by atoms with Gasteiger partial charge in [0.2, 0.25) is 0 Å². The second-order valence-corrected chi connectivity index (χ2v) is 5.38. The second kappa shape index (κ2) is 3.78. The fourth-order valence-corrected chi connectivity index (χ4v) is 2.21. The molecular weight excluding hydrogens is 148 g/mol. The smallest absolute Gasteiger partial charge is 0.0568 e. The summed E-state index contributed by atoms with van der Waals surface area (Å²) < 4.78 is 0. The van der Waals surface area contributed by atoms with Crippen LogP contribution in [0, 0.1) is 11.3 Å². The zero-order valence-corrected chi connectivity index (χ0v) is 8.64. The second-order valence-electron chi connectivity index (χ2n) is 5.38. The van der Waals surface area contributed by atoms with Crippen LogP contribution in [0.3, 0.4) is 0 Å². The van der Waals surface area contributed by atoms with Crippen LogP contribution in [0.1, 0.15) is 52.9 Å². The van der Waals surface area contributed by atoms with Gasteiger partial charge in [-0.1, -0.05) is 33.6 Å². The van der Waals surface area contributed by atoms with Crippen molar-refractivity contribution < 1.29 is 5.11 Å². The Bertz CT molecular complexity index is 134. The average Bonchev–Trinajstić information content (AvgIpc) is 1.91. The Morgan fingerprint density at radius 3 is 2.25 bits per heavy atom. The van der Waals surface area contributed by atoms with Crippen molar-refractivity contribution in [3.05, 3.63) is 0 Å². The van der Waals surface area contributed by atoms with E-state index in [1.54, 1.807) is 0 Å². The Kier molecular flexibility index (Phi) is 3.16. The molecule has 1 fully saturated rings. The first-order valence-electron chi connectivity index (χ1n) is 5.17. The summed E-state index contributed by atoms with van der Waals surface area (Å²) in [7, 11) is 0. The minimum absolute atomic E-state index is 0.0158. The predicted octanol–water partition coefficient (Wildman–Crippen LogP) is 2.97. The zero-order chi connectivity index (χ0) is 9.19. The minimum Gasteiger partial charge on any atom is -0.393 e. The van der Waals surface area contributed by atoms with E-state index in [0.717, 1.165) is 6.42 Å². The molecule has 1 nitrogen and oxygen atoms in total. The standard InChI is InChI=1S/C11H22O/c1-11(2,3)8-9-6-4-5-7-10(9)12/h9-10,12H,4-8H2,1-3H3/t9-,10-/m0/s1. The molecule has 1 rings (SSSR count). The zero-order valence-electron chi connectivity index (χ0n) is 8.64. The van der Waals surface area contributed by atoms with E-state index in [4.69, 9.17) is 0 Å². The van der Waals surface area contributed by atoms with Crippen LogP contribution >= 0.6 is 0 Å². The summed E-state index contributed by atoms with van der Waals surface area (Å²) in [5.74, 6) is 0.568. The molecule has 0 spiro atoms. The molecule has 0 aromatic heterocycles. The molecule has 1 aliphatic carbocycles. The van der Waals surface area contributed by atoms with Gasteiger partial charge in [0, 0.05) is 0 Å². The fourth-order valence-electron chi connectivity index (χ4n) is 2.21. The maximum atomic E-state index is 9.73. The third-order valence-corrected chi connectivity index (χ3v) is 2.74. The molecule has 0 aromatic rings. The van der Waals surface area contributed by atoms with Crippen LogP contribution in [0.4, 0.5) is 0 Å². The molecule has 2 atom stereocenters. The average molecular weight is 170 g/mol. The summed E-state index contributed by atoms with van der Waals surface area (Å²) in [6.07, 6.45) is 5.96. The molecular formula is C11H22O. The molecule has 1 N–H and O–H groups in total. The molecule has 1 saturated carbocycles. The minimum atomic E-state index is -0.0158. The summed E-state index contributed by atoms with van der Waals surface area (Å²) in [4.78, 5) is 0. The van der Waals surface area contributed by atoms with Crippen molar-refractivity contribution in [2.24, 2.45) is 11.3 Å². The van der Waals surface area contributed by atoms with E-state index in [0.29, 0.717) is 11.3 Å². The summed E-state index contributed by atoms with van der Waals surface area (Å²) in [5.41, 5.74) is 0.378. The summed E-state index contributed by atoms with van der Waals surface area (Å²) in [6.45, 7) is 6.77. The Morgan fingerprint density at radius 1 is 1.17 bits per heavy atom. The van der Waals surface area contributed by atoms with Crippen molar-refractivity contribution in [2.45, 2.75) is 59.0 Å². The highest BCUT2D eigenvalue weighted by molar-refractivity contribution is 4.78. The van der Waals surface area contributed by atoms with Crippen LogP contribution in [0.2, 0.25) is 0 Å². The van der Waals surface area contributed by atoms with E-state index in [9.17, 15) is 5.11 Å². The van der Waals surface area contributed by atoms with Gasteiger partial charge in [0.1, 0.15) is 0 Å². The van der Waals surface area contributed by atoms with Crippen LogP contribution in [-0.4, -0.2) is 11.2 Å². The first-order chi connectivity index (χ1) is 5.49. The highest BCUT2D eigenvalue weighted by Gasteiger charge is 2.26. The molecule has 0 heterocycles. The molecule has 0 aromatic carbocycles. The van der Waals surface area contributed by atoms with Crippen LogP contribution in [0.25, 0.3) is 0 Å². The molecule has 0 saturated heterocycles. The number of hydrogen-bond acceptors (Lipinski definition) is 1. The number of rotatable bonds is 1. The van der Waals surface area contributed by atoms with Crippen LogP contribution in [0.15, 0.2) is 0 Å². The topological polar surface area (TPSA) is 20.2 Å². The lowest BCUT2D eigenvalue weighted by molar-refractivity contribution is 0.0471. The van der Waals surface area contributed by atoms with Gasteiger partial charge in [-0.2, -0.15) is 0 Å². The van der Waals surface area contributed by atoms with E-state index in [2.05, 4.69) is 20.8 Å². The maximum Gasteiger partial charge on any atom is 0.0568 e. The van der Waals surface area contributed by atoms with Gasteiger partial charge in [0.15, 0.2) is 0 Å². The highest BCUT2D eigenvalue weighted by atomic mass is 16.3. The van der Waals surface area contributed by atoms with Gasteiger partial charge >= 0.3 is 0 Å². The Balaban J connectivity index is 2.39. The van der Waals surface area contributed by atoms with Gasteiger partial charge < -0.3 is 5.11 Å².